The van der Waals surface area contributed by atoms with E-state index in [9.17, 15) is 18.4 Å². The molecule has 1 unspecified atom stereocenters. The summed E-state index contributed by atoms with van der Waals surface area (Å²) in [4.78, 5) is 14.3. The second kappa shape index (κ2) is 8.51. The van der Waals surface area contributed by atoms with Crippen LogP contribution in [0.3, 0.4) is 0 Å². The van der Waals surface area contributed by atoms with Crippen molar-refractivity contribution in [3.63, 3.8) is 0 Å². The van der Waals surface area contributed by atoms with E-state index >= 15 is 0 Å². The van der Waals surface area contributed by atoms with E-state index in [2.05, 4.69) is 20.3 Å². The van der Waals surface area contributed by atoms with Gasteiger partial charge in [0.25, 0.3) is 5.88 Å². The Morgan fingerprint density at radius 1 is 1.20 bits per heavy atom. The highest BCUT2D eigenvalue weighted by atomic mass is 19.4. The molecule has 0 bridgehead atoms. The minimum atomic E-state index is -4.47. The predicted octanol–water partition coefficient (Wildman–Crippen LogP) is 3.99. The number of ether oxygens (including phenoxy) is 1. The molecule has 30 heavy (non-hydrogen) atoms. The van der Waals surface area contributed by atoms with Gasteiger partial charge in [-0.3, -0.25) is 0 Å². The van der Waals surface area contributed by atoms with Crippen LogP contribution in [0.2, 0.25) is 0 Å². The Morgan fingerprint density at radius 2 is 1.97 bits per heavy atom. The van der Waals surface area contributed by atoms with Crippen molar-refractivity contribution in [3.05, 3.63) is 47.9 Å². The number of alkyl halides is 3. The Kier molecular flexibility index (Phi) is 6.03. The van der Waals surface area contributed by atoms with Crippen molar-refractivity contribution in [2.45, 2.75) is 19.2 Å². The largest absolute Gasteiger partial charge is 0.471 e. The SMILES string of the molecule is CC(CN(C)C)Oc1nc(Nc2cc3cccc(C(F)(F)F)c3cn2)cnc1C#N. The second-order valence-corrected chi connectivity index (χ2v) is 6.93. The van der Waals surface area contributed by atoms with Crippen LogP contribution in [0, 0.1) is 11.3 Å². The number of aromatic nitrogens is 3. The van der Waals surface area contributed by atoms with Gasteiger partial charge in [0.05, 0.1) is 11.8 Å². The first-order chi connectivity index (χ1) is 14.2. The van der Waals surface area contributed by atoms with E-state index in [1.807, 2.05) is 32.0 Å². The molecule has 2 aromatic heterocycles. The normalized spacial score (nSPS) is 12.6. The smallest absolute Gasteiger partial charge is 0.417 e. The highest BCUT2D eigenvalue weighted by molar-refractivity contribution is 5.87. The zero-order valence-corrected chi connectivity index (χ0v) is 16.5. The third-order valence-electron chi connectivity index (χ3n) is 4.11. The van der Waals surface area contributed by atoms with E-state index in [-0.39, 0.29) is 34.7 Å². The lowest BCUT2D eigenvalue weighted by Crippen LogP contribution is -2.28. The lowest BCUT2D eigenvalue weighted by molar-refractivity contribution is -0.136. The Hall–Kier alpha value is -3.45. The van der Waals surface area contributed by atoms with Gasteiger partial charge in [-0.15, -0.1) is 0 Å². The van der Waals surface area contributed by atoms with Gasteiger partial charge in [-0.1, -0.05) is 12.1 Å². The number of hydrogen-bond donors (Lipinski definition) is 1. The number of benzene rings is 1. The summed E-state index contributed by atoms with van der Waals surface area (Å²) >= 11 is 0. The maximum Gasteiger partial charge on any atom is 0.417 e. The highest BCUT2D eigenvalue weighted by Gasteiger charge is 2.32. The zero-order chi connectivity index (χ0) is 21.9. The van der Waals surface area contributed by atoms with Gasteiger partial charge in [0, 0.05) is 18.1 Å². The zero-order valence-electron chi connectivity index (χ0n) is 16.5. The van der Waals surface area contributed by atoms with Gasteiger partial charge in [-0.25, -0.2) is 9.97 Å². The summed E-state index contributed by atoms with van der Waals surface area (Å²) in [7, 11) is 3.79. The molecule has 156 valence electrons. The molecular formula is C20H19F3N6O. The fourth-order valence-corrected chi connectivity index (χ4v) is 2.95. The van der Waals surface area contributed by atoms with Gasteiger partial charge < -0.3 is 15.0 Å². The lowest BCUT2D eigenvalue weighted by atomic mass is 10.1. The van der Waals surface area contributed by atoms with Crippen molar-refractivity contribution < 1.29 is 17.9 Å². The number of pyridine rings is 1. The summed E-state index contributed by atoms with van der Waals surface area (Å²) in [6.07, 6.45) is -2.21. The summed E-state index contributed by atoms with van der Waals surface area (Å²) in [5.74, 6) is 0.602. The van der Waals surface area contributed by atoms with Crippen molar-refractivity contribution >= 4 is 22.4 Å². The van der Waals surface area contributed by atoms with Crippen molar-refractivity contribution in [3.8, 4) is 11.9 Å². The molecule has 2 heterocycles. The number of fused-ring (bicyclic) bond motifs is 1. The Morgan fingerprint density at radius 3 is 2.63 bits per heavy atom. The van der Waals surface area contributed by atoms with Crippen LogP contribution in [0.5, 0.6) is 5.88 Å². The molecule has 1 atom stereocenters. The van der Waals surface area contributed by atoms with Crippen molar-refractivity contribution in [1.29, 1.82) is 5.26 Å². The molecule has 10 heteroatoms. The number of anilines is 2. The van der Waals surface area contributed by atoms with Gasteiger partial charge in [-0.2, -0.15) is 23.4 Å². The molecule has 0 saturated carbocycles. The van der Waals surface area contributed by atoms with Crippen LogP contribution in [0.25, 0.3) is 10.8 Å². The minimum absolute atomic E-state index is 0.00277. The molecule has 1 N–H and O–H groups in total. The first-order valence-corrected chi connectivity index (χ1v) is 8.99. The summed E-state index contributed by atoms with van der Waals surface area (Å²) in [5, 5.41) is 12.5. The lowest BCUT2D eigenvalue weighted by Gasteiger charge is -2.18. The van der Waals surface area contributed by atoms with Crippen LogP contribution in [0.1, 0.15) is 18.2 Å². The molecule has 0 aliphatic heterocycles. The second-order valence-electron chi connectivity index (χ2n) is 6.93. The highest BCUT2D eigenvalue weighted by Crippen LogP contribution is 2.35. The number of nitriles is 1. The molecule has 7 nitrogen and oxygen atoms in total. The Labute approximate surface area is 171 Å². The molecule has 0 amide bonds. The molecule has 0 spiro atoms. The fourth-order valence-electron chi connectivity index (χ4n) is 2.95. The summed E-state index contributed by atoms with van der Waals surface area (Å²) < 4.78 is 45.2. The van der Waals surface area contributed by atoms with Crippen LogP contribution in [-0.4, -0.2) is 46.6 Å². The number of nitrogens with zero attached hydrogens (tertiary/aromatic N) is 5. The summed E-state index contributed by atoms with van der Waals surface area (Å²) in [5.41, 5.74) is -0.713. The topological polar surface area (TPSA) is 87.0 Å². The molecule has 3 aromatic rings. The van der Waals surface area contributed by atoms with E-state index in [0.29, 0.717) is 11.9 Å². The summed E-state index contributed by atoms with van der Waals surface area (Å²) in [6.45, 7) is 2.45. The van der Waals surface area contributed by atoms with Crippen molar-refractivity contribution in [2.75, 3.05) is 26.0 Å². The average Bonchev–Trinajstić information content (AvgIpc) is 2.66. The first-order valence-electron chi connectivity index (χ1n) is 8.99. The third kappa shape index (κ3) is 4.93. The molecule has 1 aromatic carbocycles. The number of hydrogen-bond acceptors (Lipinski definition) is 7. The molecule has 3 rings (SSSR count). The van der Waals surface area contributed by atoms with E-state index in [0.717, 1.165) is 12.3 Å². The molecule has 0 fully saturated rings. The predicted molar refractivity (Wildman–Crippen MR) is 105 cm³/mol. The van der Waals surface area contributed by atoms with Crippen LogP contribution >= 0.6 is 0 Å². The minimum Gasteiger partial charge on any atom is -0.471 e. The first kappa shape index (κ1) is 21.3. The van der Waals surface area contributed by atoms with Crippen LogP contribution in [0.15, 0.2) is 36.7 Å². The van der Waals surface area contributed by atoms with E-state index < -0.39 is 11.7 Å². The van der Waals surface area contributed by atoms with Crippen molar-refractivity contribution in [2.24, 2.45) is 0 Å². The molecular weight excluding hydrogens is 397 g/mol. The van der Waals surface area contributed by atoms with E-state index in [1.165, 1.54) is 18.3 Å². The monoisotopic (exact) mass is 416 g/mol. The van der Waals surface area contributed by atoms with Crippen molar-refractivity contribution in [1.82, 2.24) is 19.9 Å². The Balaban J connectivity index is 1.88. The quantitative estimate of drug-likeness (QED) is 0.650. The molecule has 0 radical (unpaired) electrons. The standard InChI is InChI=1S/C20H19F3N6O/c1-12(11-29(2)3)30-19-16(8-24)25-10-18(28-19)27-17-7-13-5-4-6-15(20(21,22)23)14(13)9-26-17/h4-7,9-10,12H,11H2,1-3H3,(H,26,27,28). The number of nitrogens with one attached hydrogen (secondary N) is 1. The molecule has 0 saturated heterocycles. The molecule has 0 aliphatic rings. The van der Waals surface area contributed by atoms with Crippen LogP contribution in [-0.2, 0) is 6.18 Å². The number of rotatable bonds is 6. The number of halogens is 3. The maximum atomic E-state index is 13.2. The van der Waals surface area contributed by atoms with Crippen LogP contribution < -0.4 is 10.1 Å². The Bertz CT molecular complexity index is 1090. The van der Waals surface area contributed by atoms with E-state index in [4.69, 9.17) is 4.74 Å². The third-order valence-corrected chi connectivity index (χ3v) is 4.11. The van der Waals surface area contributed by atoms with Gasteiger partial charge in [0.2, 0.25) is 5.69 Å². The average molecular weight is 416 g/mol. The number of likely N-dealkylation sites (N-methyl/N-ethyl adjacent to an activating group) is 1. The van der Waals surface area contributed by atoms with Gasteiger partial charge in [0.15, 0.2) is 5.82 Å². The fraction of sp³-hybridized carbons (Fsp3) is 0.300. The van der Waals surface area contributed by atoms with Gasteiger partial charge in [-0.05, 0) is 38.5 Å². The summed E-state index contributed by atoms with van der Waals surface area (Å²) in [6, 6.07) is 7.34. The van der Waals surface area contributed by atoms with Crippen LogP contribution in [0.4, 0.5) is 24.8 Å². The molecule has 0 aliphatic carbocycles. The maximum absolute atomic E-state index is 13.2. The van der Waals surface area contributed by atoms with Gasteiger partial charge in [0.1, 0.15) is 18.0 Å². The van der Waals surface area contributed by atoms with Gasteiger partial charge >= 0.3 is 6.18 Å². The van der Waals surface area contributed by atoms with E-state index in [1.54, 1.807) is 6.07 Å².